The van der Waals surface area contributed by atoms with Crippen molar-refractivity contribution in [2.45, 2.75) is 58.0 Å². The predicted octanol–water partition coefficient (Wildman–Crippen LogP) is 2.76. The van der Waals surface area contributed by atoms with Gasteiger partial charge in [0.15, 0.2) is 0 Å². The van der Waals surface area contributed by atoms with Gasteiger partial charge in [0, 0.05) is 25.2 Å². The van der Waals surface area contributed by atoms with E-state index in [1.165, 1.54) is 32.1 Å². The lowest BCUT2D eigenvalue weighted by molar-refractivity contribution is 0.0601. The first kappa shape index (κ1) is 16.3. The van der Waals surface area contributed by atoms with E-state index in [-0.39, 0.29) is 0 Å². The Balaban J connectivity index is 1.75. The number of hydrogen-bond acceptors (Lipinski definition) is 3. The van der Waals surface area contributed by atoms with Crippen LogP contribution in [-0.2, 0) is 4.74 Å². The molecular weight excluding hydrogens is 248 g/mol. The Kier molecular flexibility index (Phi) is 6.31. The van der Waals surface area contributed by atoms with E-state index in [9.17, 15) is 0 Å². The molecule has 3 atom stereocenters. The molecule has 2 saturated carbocycles. The molecule has 2 aliphatic rings. The van der Waals surface area contributed by atoms with Crippen molar-refractivity contribution in [2.75, 3.05) is 33.9 Å². The summed E-state index contributed by atoms with van der Waals surface area (Å²) in [5.74, 6) is 2.58. The Bertz CT molecular complexity index is 278. The fraction of sp³-hybridized carbons (Fsp3) is 1.00. The largest absolute Gasteiger partial charge is 0.380 e. The summed E-state index contributed by atoms with van der Waals surface area (Å²) >= 11 is 0. The molecule has 3 unspecified atom stereocenters. The van der Waals surface area contributed by atoms with Gasteiger partial charge in [-0.25, -0.2) is 0 Å². The molecule has 0 heterocycles. The average Bonchev–Trinajstić information content (AvgIpc) is 3.26. The van der Waals surface area contributed by atoms with E-state index in [4.69, 9.17) is 4.74 Å². The van der Waals surface area contributed by atoms with Crippen molar-refractivity contribution in [1.29, 1.82) is 0 Å². The lowest BCUT2D eigenvalue weighted by Crippen LogP contribution is -2.52. The van der Waals surface area contributed by atoms with Crippen molar-refractivity contribution in [3.05, 3.63) is 0 Å². The summed E-state index contributed by atoms with van der Waals surface area (Å²) in [4.78, 5) is 2.53. The number of ether oxygens (including phenoxy) is 1. The van der Waals surface area contributed by atoms with Crippen LogP contribution < -0.4 is 5.32 Å². The molecule has 0 saturated heterocycles. The maximum Gasteiger partial charge on any atom is 0.0593 e. The maximum absolute atomic E-state index is 5.80. The summed E-state index contributed by atoms with van der Waals surface area (Å²) in [5, 5.41) is 3.53. The third kappa shape index (κ3) is 4.71. The normalized spacial score (nSPS) is 31.2. The summed E-state index contributed by atoms with van der Waals surface area (Å²) in [7, 11) is 4.39. The molecule has 2 fully saturated rings. The van der Waals surface area contributed by atoms with Crippen LogP contribution in [0.5, 0.6) is 0 Å². The minimum Gasteiger partial charge on any atom is -0.380 e. The second-order valence-corrected chi connectivity index (χ2v) is 7.28. The molecule has 2 aliphatic carbocycles. The molecule has 20 heavy (non-hydrogen) atoms. The summed E-state index contributed by atoms with van der Waals surface area (Å²) in [6, 6.07) is 1.32. The molecule has 1 N–H and O–H groups in total. The lowest BCUT2D eigenvalue weighted by atomic mass is 9.76. The third-order valence-electron chi connectivity index (χ3n) is 5.38. The van der Waals surface area contributed by atoms with Gasteiger partial charge in [0.1, 0.15) is 0 Å². The number of hydrogen-bond donors (Lipinski definition) is 1. The molecule has 0 spiro atoms. The smallest absolute Gasteiger partial charge is 0.0593 e. The van der Waals surface area contributed by atoms with Gasteiger partial charge in [-0.3, -0.25) is 4.90 Å². The van der Waals surface area contributed by atoms with Crippen molar-refractivity contribution in [3.63, 3.8) is 0 Å². The Morgan fingerprint density at radius 1 is 1.20 bits per heavy atom. The monoisotopic (exact) mass is 282 g/mol. The lowest BCUT2D eigenvalue weighted by Gasteiger charge is -2.42. The summed E-state index contributed by atoms with van der Waals surface area (Å²) in [6.07, 6.45) is 6.80. The second kappa shape index (κ2) is 7.77. The number of nitrogens with zero attached hydrogens (tertiary/aromatic N) is 1. The average molecular weight is 282 g/mol. The fourth-order valence-corrected chi connectivity index (χ4v) is 3.52. The first-order valence-electron chi connectivity index (χ1n) is 8.57. The molecule has 0 aromatic rings. The van der Waals surface area contributed by atoms with Crippen LogP contribution in [-0.4, -0.2) is 50.8 Å². The van der Waals surface area contributed by atoms with Crippen LogP contribution in [0.25, 0.3) is 0 Å². The van der Waals surface area contributed by atoms with Gasteiger partial charge in [0.05, 0.1) is 6.61 Å². The number of likely N-dealkylation sites (N-methyl/N-ethyl adjacent to an activating group) is 2. The molecule has 0 aromatic heterocycles. The highest BCUT2D eigenvalue weighted by Crippen LogP contribution is 2.32. The Morgan fingerprint density at radius 3 is 2.55 bits per heavy atom. The third-order valence-corrected chi connectivity index (χ3v) is 5.38. The molecule has 118 valence electrons. The highest BCUT2D eigenvalue weighted by Gasteiger charge is 2.33. The van der Waals surface area contributed by atoms with Gasteiger partial charge in [-0.05, 0) is 64.0 Å². The molecule has 0 bridgehead atoms. The van der Waals surface area contributed by atoms with Crippen LogP contribution in [0.3, 0.4) is 0 Å². The Morgan fingerprint density at radius 2 is 1.95 bits per heavy atom. The molecule has 0 radical (unpaired) electrons. The molecule has 2 rings (SSSR count). The minimum atomic E-state index is 0.651. The van der Waals surface area contributed by atoms with Gasteiger partial charge in [-0.2, -0.15) is 0 Å². The van der Waals surface area contributed by atoms with E-state index in [1.54, 1.807) is 0 Å². The highest BCUT2D eigenvalue weighted by atomic mass is 16.5. The number of rotatable bonds is 8. The first-order chi connectivity index (χ1) is 9.61. The van der Waals surface area contributed by atoms with E-state index in [1.807, 2.05) is 0 Å². The topological polar surface area (TPSA) is 24.5 Å². The molecule has 3 heteroatoms. The van der Waals surface area contributed by atoms with Gasteiger partial charge in [-0.15, -0.1) is 0 Å². The van der Waals surface area contributed by atoms with Crippen molar-refractivity contribution >= 4 is 0 Å². The van der Waals surface area contributed by atoms with Crippen LogP contribution in [0.15, 0.2) is 0 Å². The van der Waals surface area contributed by atoms with Gasteiger partial charge >= 0.3 is 0 Å². The Labute approximate surface area is 125 Å². The second-order valence-electron chi connectivity index (χ2n) is 7.28. The quantitative estimate of drug-likeness (QED) is 0.693. The zero-order chi connectivity index (χ0) is 14.5. The van der Waals surface area contributed by atoms with Gasteiger partial charge in [0.2, 0.25) is 0 Å². The molecule has 3 nitrogen and oxygen atoms in total. The molecular formula is C17H34N2O. The predicted molar refractivity (Wildman–Crippen MR) is 85.0 cm³/mol. The van der Waals surface area contributed by atoms with Crippen LogP contribution in [0.1, 0.15) is 46.0 Å². The van der Waals surface area contributed by atoms with Crippen LogP contribution >= 0.6 is 0 Å². The van der Waals surface area contributed by atoms with Crippen LogP contribution in [0, 0.1) is 17.8 Å². The fourth-order valence-electron chi connectivity index (χ4n) is 3.52. The van der Waals surface area contributed by atoms with Crippen molar-refractivity contribution in [1.82, 2.24) is 10.2 Å². The molecule has 0 amide bonds. The van der Waals surface area contributed by atoms with Gasteiger partial charge in [0.25, 0.3) is 0 Å². The molecule has 0 aromatic carbocycles. The zero-order valence-electron chi connectivity index (χ0n) is 13.9. The maximum atomic E-state index is 5.80. The highest BCUT2D eigenvalue weighted by molar-refractivity contribution is 4.90. The van der Waals surface area contributed by atoms with Gasteiger partial charge in [-0.1, -0.05) is 13.8 Å². The summed E-state index contributed by atoms with van der Waals surface area (Å²) < 4.78 is 5.80. The van der Waals surface area contributed by atoms with E-state index in [0.29, 0.717) is 12.1 Å². The molecule has 0 aliphatic heterocycles. The van der Waals surface area contributed by atoms with Gasteiger partial charge < -0.3 is 10.1 Å². The zero-order valence-corrected chi connectivity index (χ0v) is 13.9. The van der Waals surface area contributed by atoms with Crippen molar-refractivity contribution < 1.29 is 4.74 Å². The van der Waals surface area contributed by atoms with E-state index in [0.717, 1.165) is 37.5 Å². The van der Waals surface area contributed by atoms with Crippen molar-refractivity contribution in [3.8, 4) is 0 Å². The SMILES string of the molecule is CNC1CCC(C(C)C)CC1N(C)CCOCC1CC1. The standard InChI is InChI=1S/C17H34N2O/c1-13(2)15-7-8-16(18-3)17(11-15)19(4)9-10-20-12-14-5-6-14/h13-18H,5-12H2,1-4H3. The van der Waals surface area contributed by atoms with Crippen LogP contribution in [0.2, 0.25) is 0 Å². The van der Waals surface area contributed by atoms with E-state index >= 15 is 0 Å². The van der Waals surface area contributed by atoms with E-state index < -0.39 is 0 Å². The number of nitrogens with one attached hydrogen (secondary N) is 1. The van der Waals surface area contributed by atoms with Crippen molar-refractivity contribution in [2.24, 2.45) is 17.8 Å². The minimum absolute atomic E-state index is 0.651. The van der Waals surface area contributed by atoms with E-state index in [2.05, 4.69) is 38.2 Å². The summed E-state index contributed by atoms with van der Waals surface area (Å²) in [5.41, 5.74) is 0. The Hall–Kier alpha value is -0.120. The summed E-state index contributed by atoms with van der Waals surface area (Å²) in [6.45, 7) is 7.70. The first-order valence-corrected chi connectivity index (χ1v) is 8.57. The van der Waals surface area contributed by atoms with Crippen LogP contribution in [0.4, 0.5) is 0 Å².